The second-order valence-corrected chi connectivity index (χ2v) is 14.1. The molecule has 2 N–H and O–H groups in total. The Balaban J connectivity index is 1.12. The molecule has 1 aromatic heterocycles. The molecule has 14 heteroatoms. The summed E-state index contributed by atoms with van der Waals surface area (Å²) in [5.74, 6) is 1.86. The van der Waals surface area contributed by atoms with Gasteiger partial charge in [-0.1, -0.05) is 6.07 Å². The second kappa shape index (κ2) is 18.3. The van der Waals surface area contributed by atoms with Crippen LogP contribution in [0.1, 0.15) is 55.9 Å². The lowest BCUT2D eigenvalue weighted by Gasteiger charge is -2.40. The van der Waals surface area contributed by atoms with E-state index in [4.69, 9.17) is 28.4 Å². The van der Waals surface area contributed by atoms with Crippen molar-refractivity contribution < 1.29 is 42.8 Å². The molecule has 2 saturated heterocycles. The Kier molecular flexibility index (Phi) is 13.1. The Labute approximate surface area is 321 Å². The number of furan rings is 1. The third-order valence-electron chi connectivity index (χ3n) is 10.6. The SMILES string of the molecule is COc1ccc2c(c1)C(CC(=O)NCc1ccco1)=C(C)/C2=C/COc1ccc(N(C(=O)OOC(=O)NC2CCN(C)CC2)C2CCN(C)C(OC)C2)cc1. The molecule has 3 heterocycles. The van der Waals surface area contributed by atoms with Crippen LogP contribution in [0.5, 0.6) is 11.5 Å². The van der Waals surface area contributed by atoms with Crippen molar-refractivity contribution in [3.63, 3.8) is 0 Å². The first-order valence-corrected chi connectivity index (χ1v) is 18.6. The fourth-order valence-electron chi connectivity index (χ4n) is 7.40. The van der Waals surface area contributed by atoms with Crippen molar-refractivity contribution in [1.82, 2.24) is 20.4 Å². The average Bonchev–Trinajstić information content (AvgIpc) is 3.81. The van der Waals surface area contributed by atoms with Gasteiger partial charge in [-0.2, -0.15) is 0 Å². The van der Waals surface area contributed by atoms with Gasteiger partial charge in [0.2, 0.25) is 5.91 Å². The standard InChI is InChI=1S/C41H51N5O9/c1-27-34(35-13-12-32(50-4)24-37(35)36(27)25-38(47)42-26-33-7-6-21-52-33)17-22-53-31-10-8-29(9-11-31)46(30-16-20-45(3)39(23-30)51-5)41(49)55-54-40(48)43-28-14-18-44(2)19-15-28/h6-13,17,21,24,28,30,39H,14-16,18-20,22-23,25-26H2,1-5H3,(H,42,47)(H,43,48)/b34-17-. The van der Waals surface area contributed by atoms with Crippen LogP contribution in [0.3, 0.4) is 0 Å². The molecule has 1 aliphatic carbocycles. The Morgan fingerprint density at radius 2 is 1.71 bits per heavy atom. The van der Waals surface area contributed by atoms with Crippen molar-refractivity contribution in [2.75, 3.05) is 59.5 Å². The van der Waals surface area contributed by atoms with Gasteiger partial charge in [-0.05, 0) is 136 Å². The lowest BCUT2D eigenvalue weighted by Crippen LogP contribution is -2.51. The van der Waals surface area contributed by atoms with E-state index in [0.717, 1.165) is 53.8 Å². The summed E-state index contributed by atoms with van der Waals surface area (Å²) in [5, 5.41) is 5.73. The third-order valence-corrected chi connectivity index (χ3v) is 10.6. The molecular formula is C41H51N5O9. The summed E-state index contributed by atoms with van der Waals surface area (Å²) in [6.45, 7) is 5.00. The number of fused-ring (bicyclic) bond motifs is 1. The summed E-state index contributed by atoms with van der Waals surface area (Å²) in [7, 11) is 7.28. The highest BCUT2D eigenvalue weighted by Crippen LogP contribution is 2.44. The highest BCUT2D eigenvalue weighted by molar-refractivity contribution is 6.04. The van der Waals surface area contributed by atoms with Crippen molar-refractivity contribution in [2.45, 2.75) is 63.9 Å². The van der Waals surface area contributed by atoms with Crippen LogP contribution in [0.15, 0.2) is 76.9 Å². The summed E-state index contributed by atoms with van der Waals surface area (Å²) >= 11 is 0. The fraction of sp³-hybridized carbons (Fsp3) is 0.439. The van der Waals surface area contributed by atoms with Gasteiger partial charge < -0.3 is 34.2 Å². The molecule has 0 radical (unpaired) electrons. The summed E-state index contributed by atoms with van der Waals surface area (Å²) in [6.07, 6.45) is 4.75. The van der Waals surface area contributed by atoms with Gasteiger partial charge in [0.15, 0.2) is 0 Å². The van der Waals surface area contributed by atoms with E-state index in [1.807, 2.05) is 51.4 Å². The Morgan fingerprint density at radius 3 is 2.42 bits per heavy atom. The predicted molar refractivity (Wildman–Crippen MR) is 206 cm³/mol. The van der Waals surface area contributed by atoms with E-state index in [2.05, 4.69) is 20.4 Å². The molecule has 6 rings (SSSR count). The van der Waals surface area contributed by atoms with Gasteiger partial charge >= 0.3 is 12.2 Å². The number of rotatable bonds is 12. The number of carbonyl (C=O) groups excluding carboxylic acids is 3. The van der Waals surface area contributed by atoms with Crippen molar-refractivity contribution in [3.05, 3.63) is 89.4 Å². The van der Waals surface area contributed by atoms with Gasteiger partial charge in [0.25, 0.3) is 0 Å². The lowest BCUT2D eigenvalue weighted by molar-refractivity contribution is -0.178. The van der Waals surface area contributed by atoms with Crippen LogP contribution < -0.4 is 25.0 Å². The van der Waals surface area contributed by atoms with Crippen molar-refractivity contribution >= 4 is 34.9 Å². The minimum atomic E-state index is -0.800. The van der Waals surface area contributed by atoms with E-state index in [1.165, 1.54) is 4.90 Å². The smallest absolute Gasteiger partial charge is 0.457 e. The zero-order chi connectivity index (χ0) is 38.9. The van der Waals surface area contributed by atoms with Crippen LogP contribution in [-0.2, 0) is 25.9 Å². The number of amides is 3. The number of ether oxygens (including phenoxy) is 3. The number of hydrogen-bond acceptors (Lipinski definition) is 11. The van der Waals surface area contributed by atoms with E-state index in [0.29, 0.717) is 48.9 Å². The Bertz CT molecular complexity index is 1850. The zero-order valence-corrected chi connectivity index (χ0v) is 32.2. The number of likely N-dealkylation sites (tertiary alicyclic amines) is 2. The number of hydrogen-bond donors (Lipinski definition) is 2. The highest BCUT2D eigenvalue weighted by Gasteiger charge is 2.35. The summed E-state index contributed by atoms with van der Waals surface area (Å²) in [4.78, 5) is 55.0. The number of carbonyl (C=O) groups is 3. The van der Waals surface area contributed by atoms with E-state index in [9.17, 15) is 14.4 Å². The molecule has 0 saturated carbocycles. The maximum Gasteiger partial charge on any atom is 0.457 e. The van der Waals surface area contributed by atoms with Crippen LogP contribution in [0, 0.1) is 0 Å². The molecular weight excluding hydrogens is 706 g/mol. The Hall–Kier alpha value is -5.31. The van der Waals surface area contributed by atoms with Crippen molar-refractivity contribution in [1.29, 1.82) is 0 Å². The molecule has 294 valence electrons. The van der Waals surface area contributed by atoms with Crippen LogP contribution in [-0.4, -0.2) is 101 Å². The monoisotopic (exact) mass is 757 g/mol. The molecule has 14 nitrogen and oxygen atoms in total. The number of nitrogens with zero attached hydrogens (tertiary/aromatic N) is 3. The molecule has 2 atom stereocenters. The highest BCUT2D eigenvalue weighted by atomic mass is 17.2. The normalized spacial score (nSPS) is 19.8. The van der Waals surface area contributed by atoms with Gasteiger partial charge in [0.05, 0.1) is 26.3 Å². The maximum atomic E-state index is 13.6. The molecule has 2 unspecified atom stereocenters. The van der Waals surface area contributed by atoms with Crippen molar-refractivity contribution in [2.24, 2.45) is 0 Å². The van der Waals surface area contributed by atoms with Crippen molar-refractivity contribution in [3.8, 4) is 11.5 Å². The first kappa shape index (κ1) is 39.4. The van der Waals surface area contributed by atoms with E-state index < -0.39 is 12.2 Å². The molecule has 2 aromatic carbocycles. The molecule has 0 spiro atoms. The fourth-order valence-corrected chi connectivity index (χ4v) is 7.40. The molecule has 2 aliphatic heterocycles. The van der Waals surface area contributed by atoms with Crippen LogP contribution in [0.2, 0.25) is 0 Å². The number of nitrogens with one attached hydrogen (secondary N) is 2. The Morgan fingerprint density at radius 1 is 0.945 bits per heavy atom. The van der Waals surface area contributed by atoms with Gasteiger partial charge in [-0.15, -0.1) is 0 Å². The molecule has 3 aliphatic rings. The van der Waals surface area contributed by atoms with Gasteiger partial charge in [0, 0.05) is 37.8 Å². The first-order valence-electron chi connectivity index (χ1n) is 18.6. The van der Waals surface area contributed by atoms with Gasteiger partial charge in [0.1, 0.15) is 30.1 Å². The summed E-state index contributed by atoms with van der Waals surface area (Å²) in [5.41, 5.74) is 5.38. The average molecular weight is 758 g/mol. The largest absolute Gasteiger partial charge is 0.497 e. The molecule has 2 fully saturated rings. The zero-order valence-electron chi connectivity index (χ0n) is 32.2. The van der Waals surface area contributed by atoms with Gasteiger partial charge in [-0.25, -0.2) is 19.4 Å². The van der Waals surface area contributed by atoms with Gasteiger partial charge in [-0.3, -0.25) is 14.6 Å². The number of benzene rings is 2. The van der Waals surface area contributed by atoms with E-state index >= 15 is 0 Å². The second-order valence-electron chi connectivity index (χ2n) is 14.1. The topological polar surface area (TPSA) is 144 Å². The molecule has 55 heavy (non-hydrogen) atoms. The molecule has 3 amide bonds. The predicted octanol–water partition coefficient (Wildman–Crippen LogP) is 5.99. The number of methoxy groups -OCH3 is 2. The summed E-state index contributed by atoms with van der Waals surface area (Å²) < 4.78 is 22.7. The van der Waals surface area contributed by atoms with Crippen LogP contribution >= 0.6 is 0 Å². The van der Waals surface area contributed by atoms with E-state index in [1.54, 1.807) is 50.8 Å². The number of piperidine rings is 2. The maximum absolute atomic E-state index is 13.6. The van der Waals surface area contributed by atoms with E-state index in [-0.39, 0.29) is 37.2 Å². The van der Waals surface area contributed by atoms with Crippen LogP contribution in [0.25, 0.3) is 11.1 Å². The summed E-state index contributed by atoms with van der Waals surface area (Å²) in [6, 6.07) is 16.3. The number of anilines is 1. The molecule has 3 aromatic rings. The lowest BCUT2D eigenvalue weighted by atomic mass is 10.0. The third kappa shape index (κ3) is 9.87. The van der Waals surface area contributed by atoms with Crippen LogP contribution in [0.4, 0.5) is 15.3 Å². The quantitative estimate of drug-likeness (QED) is 0.166. The minimum absolute atomic E-state index is 0.0447. The molecule has 0 bridgehead atoms. The minimum Gasteiger partial charge on any atom is -0.497 e. The number of allylic oxidation sites excluding steroid dienone is 2. The first-order chi connectivity index (χ1) is 26.6.